The number of imidazole rings is 1. The fourth-order valence-corrected chi connectivity index (χ4v) is 11.2. The number of fused-ring (bicyclic) bond motifs is 2. The lowest BCUT2D eigenvalue weighted by Gasteiger charge is -2.41. The number of aromatic nitrogens is 5. The maximum atomic E-state index is 15.5. The van der Waals surface area contributed by atoms with Gasteiger partial charge in [0.25, 0.3) is 17.7 Å². The van der Waals surface area contributed by atoms with E-state index in [-0.39, 0.29) is 70.9 Å². The van der Waals surface area contributed by atoms with E-state index < -0.39 is 35.5 Å². The van der Waals surface area contributed by atoms with Gasteiger partial charge in [0, 0.05) is 94.7 Å². The maximum Gasteiger partial charge on any atom is 0.270 e. The molecular formula is C51H53FN14O6. The summed E-state index contributed by atoms with van der Waals surface area (Å²) in [6.45, 7) is 7.00. The Kier molecular flexibility index (Phi) is 12.5. The van der Waals surface area contributed by atoms with Crippen LogP contribution in [0.3, 0.4) is 0 Å². The third kappa shape index (κ3) is 9.06. The van der Waals surface area contributed by atoms with Crippen molar-refractivity contribution >= 4 is 69.5 Å². The molecule has 370 valence electrons. The number of nitrogens with zero attached hydrogens (tertiary/aromatic N) is 11. The van der Waals surface area contributed by atoms with Crippen molar-refractivity contribution in [2.75, 3.05) is 74.0 Å². The molecule has 5 aromatic rings. The van der Waals surface area contributed by atoms with Gasteiger partial charge in [0.2, 0.25) is 17.7 Å². The van der Waals surface area contributed by atoms with Crippen molar-refractivity contribution < 1.29 is 33.2 Å². The first-order chi connectivity index (χ1) is 35.0. The summed E-state index contributed by atoms with van der Waals surface area (Å²) in [6, 6.07) is 16.5. The molecule has 0 spiro atoms. The van der Waals surface area contributed by atoms with Gasteiger partial charge in [-0.1, -0.05) is 6.07 Å². The Bertz CT molecular complexity index is 3020. The molecule has 20 nitrogen and oxygen atoms in total. The van der Waals surface area contributed by atoms with Gasteiger partial charge in [-0.3, -0.25) is 43.9 Å². The Labute approximate surface area is 413 Å². The van der Waals surface area contributed by atoms with E-state index in [4.69, 9.17) is 5.26 Å². The van der Waals surface area contributed by atoms with Crippen LogP contribution >= 0.6 is 0 Å². The minimum Gasteiger partial charge on any atom is -0.369 e. The molecule has 0 bridgehead atoms. The topological polar surface area (TPSA) is 235 Å². The molecule has 1 atom stereocenters. The minimum absolute atomic E-state index is 0.00219. The smallest absolute Gasteiger partial charge is 0.270 e. The van der Waals surface area contributed by atoms with E-state index in [1.54, 1.807) is 24.5 Å². The van der Waals surface area contributed by atoms with E-state index in [0.717, 1.165) is 67.9 Å². The van der Waals surface area contributed by atoms with Gasteiger partial charge >= 0.3 is 0 Å². The van der Waals surface area contributed by atoms with Crippen LogP contribution in [0.1, 0.15) is 94.3 Å². The standard InChI is InChI=1S/C51H53FN14O6/c52-39-24-37-38(51(72)66(50(37)71)41-8-9-43(67)60-48(41)69)25-42(39)63-16-12-31(13-17-63)49(70)64-14-10-30(11-15-64)27-61-18-20-62(21-19-61)35-6-4-32(5-7-35)58-45-44-46(55-28-54-45)65(29-56-44)36-22-34(23-36)59-47(68)40-3-1-2-33(26-53)57-40/h1-7,24-25,28-31,34,36,41H,8-23,27H2,(H,59,68)(H,54,55,58)(H,60,67,69)/t34?,36?,41-/m0/s1. The average molecular weight is 977 g/mol. The first-order valence-electron chi connectivity index (χ1n) is 24.8. The predicted octanol–water partition coefficient (Wildman–Crippen LogP) is 3.79. The third-order valence-electron chi connectivity index (χ3n) is 15.3. The number of halogens is 1. The van der Waals surface area contributed by atoms with Crippen molar-refractivity contribution in [2.45, 2.75) is 69.5 Å². The molecule has 3 N–H and O–H groups in total. The highest BCUT2D eigenvalue weighted by molar-refractivity contribution is 6.23. The number of hydrogen-bond donors (Lipinski definition) is 3. The number of benzene rings is 2. The number of hydrogen-bond acceptors (Lipinski definition) is 15. The summed E-state index contributed by atoms with van der Waals surface area (Å²) in [5.41, 5.74) is 3.96. The molecule has 3 aromatic heterocycles. The third-order valence-corrected chi connectivity index (χ3v) is 15.3. The van der Waals surface area contributed by atoms with E-state index in [1.807, 2.05) is 32.6 Å². The van der Waals surface area contributed by atoms with Crippen molar-refractivity contribution in [2.24, 2.45) is 11.8 Å². The van der Waals surface area contributed by atoms with Crippen LogP contribution in [0.25, 0.3) is 11.2 Å². The number of piperazine rings is 1. The van der Waals surface area contributed by atoms with Gasteiger partial charge in [-0.05, 0) is 99.4 Å². The summed E-state index contributed by atoms with van der Waals surface area (Å²) in [5, 5.41) is 17.7. The normalized spacial score (nSPS) is 22.1. The summed E-state index contributed by atoms with van der Waals surface area (Å²) in [5.74, 6) is -2.48. The van der Waals surface area contributed by atoms with Gasteiger partial charge in [-0.25, -0.2) is 24.3 Å². The van der Waals surface area contributed by atoms with Crippen molar-refractivity contribution in [3.8, 4) is 6.07 Å². The lowest BCUT2D eigenvalue weighted by atomic mass is 9.86. The van der Waals surface area contributed by atoms with Crippen LogP contribution in [-0.2, 0) is 14.4 Å². The van der Waals surface area contributed by atoms with Crippen molar-refractivity contribution in [1.29, 1.82) is 5.26 Å². The molecule has 21 heteroatoms. The summed E-state index contributed by atoms with van der Waals surface area (Å²) in [7, 11) is 0. The highest BCUT2D eigenvalue weighted by Gasteiger charge is 2.46. The Hall–Kier alpha value is -7.86. The number of pyridine rings is 1. The molecule has 5 aliphatic heterocycles. The number of nitriles is 1. The van der Waals surface area contributed by atoms with Gasteiger partial charge in [0.05, 0.1) is 23.1 Å². The number of likely N-dealkylation sites (tertiary alicyclic amines) is 1. The summed E-state index contributed by atoms with van der Waals surface area (Å²) >= 11 is 0. The summed E-state index contributed by atoms with van der Waals surface area (Å²) < 4.78 is 17.6. The molecule has 0 radical (unpaired) electrons. The van der Waals surface area contributed by atoms with Crippen molar-refractivity contribution in [3.05, 3.63) is 95.6 Å². The largest absolute Gasteiger partial charge is 0.369 e. The van der Waals surface area contributed by atoms with Gasteiger partial charge in [-0.2, -0.15) is 5.26 Å². The molecule has 6 aliphatic rings. The zero-order valence-electron chi connectivity index (χ0n) is 39.5. The predicted molar refractivity (Wildman–Crippen MR) is 259 cm³/mol. The first-order valence-corrected chi connectivity index (χ1v) is 24.8. The van der Waals surface area contributed by atoms with Crippen LogP contribution in [-0.4, -0.2) is 146 Å². The van der Waals surface area contributed by atoms with Crippen LogP contribution in [0.5, 0.6) is 0 Å². The molecule has 0 unspecified atom stereocenters. The highest BCUT2D eigenvalue weighted by atomic mass is 19.1. The van der Waals surface area contributed by atoms with Crippen LogP contribution in [0.15, 0.2) is 67.3 Å². The molecule has 8 heterocycles. The lowest BCUT2D eigenvalue weighted by molar-refractivity contribution is -0.138. The van der Waals surface area contributed by atoms with E-state index >= 15 is 4.39 Å². The van der Waals surface area contributed by atoms with Gasteiger partial charge < -0.3 is 29.9 Å². The Morgan fingerprint density at radius 1 is 0.819 bits per heavy atom. The number of rotatable bonds is 11. The Morgan fingerprint density at radius 3 is 2.28 bits per heavy atom. The second-order valence-electron chi connectivity index (χ2n) is 19.6. The zero-order valence-corrected chi connectivity index (χ0v) is 39.5. The molecule has 4 saturated heterocycles. The van der Waals surface area contributed by atoms with Crippen LogP contribution in [0.4, 0.5) is 27.3 Å². The van der Waals surface area contributed by atoms with E-state index in [1.165, 1.54) is 12.4 Å². The summed E-state index contributed by atoms with van der Waals surface area (Å²) in [6.07, 6.45) is 7.73. The SMILES string of the molecule is N#Cc1cccc(C(=O)NC2CC(n3cnc4c(Nc5ccc(N6CCN(CC7CCN(C(=O)C8CCN(c9cc%10c(cc9F)C(=O)N([C@H]9CCC(=O)NC9=O)C%10=O)CC8)CC7)CC6)cc5)ncnc43)C2)n1. The number of piperidine rings is 3. The van der Waals surface area contributed by atoms with Gasteiger partial charge in [0.15, 0.2) is 17.0 Å². The quantitative estimate of drug-likeness (QED) is 0.160. The fourth-order valence-electron chi connectivity index (χ4n) is 11.2. The van der Waals surface area contributed by atoms with Crippen LogP contribution in [0, 0.1) is 29.0 Å². The van der Waals surface area contributed by atoms with E-state index in [0.29, 0.717) is 74.8 Å². The zero-order chi connectivity index (χ0) is 49.6. The second-order valence-corrected chi connectivity index (χ2v) is 19.6. The Morgan fingerprint density at radius 2 is 1.56 bits per heavy atom. The number of carbonyl (C=O) groups excluding carboxylic acids is 6. The number of nitrogens with one attached hydrogen (secondary N) is 3. The molecule has 6 amide bonds. The van der Waals surface area contributed by atoms with Crippen LogP contribution in [0.2, 0.25) is 0 Å². The molecule has 11 rings (SSSR count). The van der Waals surface area contributed by atoms with E-state index in [2.05, 4.69) is 57.8 Å². The minimum atomic E-state index is -1.13. The van der Waals surface area contributed by atoms with Crippen LogP contribution < -0.4 is 25.8 Å². The molecule has 72 heavy (non-hydrogen) atoms. The molecule has 2 aromatic carbocycles. The molecule has 5 fully saturated rings. The fraction of sp³-hybridized carbons (Fsp3) is 0.431. The van der Waals surface area contributed by atoms with Gasteiger partial charge in [-0.15, -0.1) is 0 Å². The maximum absolute atomic E-state index is 15.5. The number of carbonyl (C=O) groups is 6. The number of amides is 6. The summed E-state index contributed by atoms with van der Waals surface area (Å²) in [4.78, 5) is 104. The Balaban J connectivity index is 0.607. The molecular weight excluding hydrogens is 924 g/mol. The van der Waals surface area contributed by atoms with E-state index in [9.17, 15) is 28.8 Å². The monoisotopic (exact) mass is 976 g/mol. The molecule has 1 saturated carbocycles. The number of anilines is 4. The van der Waals surface area contributed by atoms with Crippen molar-refractivity contribution in [1.82, 2.24) is 49.8 Å². The van der Waals surface area contributed by atoms with Gasteiger partial charge in [0.1, 0.15) is 35.6 Å². The lowest BCUT2D eigenvalue weighted by Crippen LogP contribution is -2.54. The average Bonchev–Trinajstić information content (AvgIpc) is 3.92. The van der Waals surface area contributed by atoms with Crippen molar-refractivity contribution in [3.63, 3.8) is 0 Å². The first kappa shape index (κ1) is 46.5. The highest BCUT2D eigenvalue weighted by Crippen LogP contribution is 2.37. The number of imide groups is 2. The second kappa shape index (κ2) is 19.4. The molecule has 1 aliphatic carbocycles.